The number of hydrogen-bond donors (Lipinski definition) is 0. The summed E-state index contributed by atoms with van der Waals surface area (Å²) in [5.41, 5.74) is 2.43. The Kier molecular flexibility index (Phi) is 6.31. The fraction of sp³-hybridized carbons (Fsp3) is 0.250. The third-order valence-corrected chi connectivity index (χ3v) is 6.58. The first-order valence-electron chi connectivity index (χ1n) is 10.8. The number of fused-ring (bicyclic) bond motifs is 3. The zero-order valence-corrected chi connectivity index (χ0v) is 19.0. The van der Waals surface area contributed by atoms with Crippen LogP contribution in [0, 0.1) is 5.82 Å². The van der Waals surface area contributed by atoms with Crippen LogP contribution in [-0.2, 0) is 14.3 Å². The molecule has 1 saturated heterocycles. The number of thioether (sulfide) groups is 1. The van der Waals surface area contributed by atoms with Crippen LogP contribution >= 0.6 is 11.8 Å². The SMILES string of the molecule is O=C(CSc1ncnc2c1oc1ccccc12)OCC(=O)N1CCN(c2ccccc2F)CC1. The fourth-order valence-corrected chi connectivity index (χ4v) is 4.64. The van der Waals surface area contributed by atoms with Crippen LogP contribution in [0.3, 0.4) is 0 Å². The Morgan fingerprint density at radius 3 is 2.62 bits per heavy atom. The van der Waals surface area contributed by atoms with E-state index in [1.54, 1.807) is 23.1 Å². The lowest BCUT2D eigenvalue weighted by atomic mass is 10.2. The summed E-state index contributed by atoms with van der Waals surface area (Å²) >= 11 is 1.17. The number of halogens is 1. The molecule has 0 N–H and O–H groups in total. The Bertz CT molecular complexity index is 1350. The van der Waals surface area contributed by atoms with Gasteiger partial charge in [-0.2, -0.15) is 0 Å². The number of carbonyl (C=O) groups excluding carboxylic acids is 2. The molecule has 174 valence electrons. The van der Waals surface area contributed by atoms with E-state index in [0.29, 0.717) is 53.6 Å². The molecule has 1 amide bonds. The van der Waals surface area contributed by atoms with Gasteiger partial charge in [-0.1, -0.05) is 36.0 Å². The molecule has 4 aromatic rings. The highest BCUT2D eigenvalue weighted by Gasteiger charge is 2.23. The monoisotopic (exact) mass is 480 g/mol. The van der Waals surface area contributed by atoms with Crippen LogP contribution in [0.25, 0.3) is 22.1 Å². The van der Waals surface area contributed by atoms with Gasteiger partial charge in [-0.05, 0) is 24.3 Å². The zero-order valence-electron chi connectivity index (χ0n) is 18.1. The standard InChI is InChI=1S/C24H21FN4O4S/c25-17-6-2-3-7-18(17)28-9-11-29(12-10-28)20(30)13-32-21(31)14-34-24-23-22(26-15-27-24)16-5-1-4-8-19(16)33-23/h1-8,15H,9-14H2. The minimum atomic E-state index is -0.522. The van der Waals surface area contributed by atoms with Crippen molar-refractivity contribution in [3.8, 4) is 0 Å². The first-order valence-corrected chi connectivity index (χ1v) is 11.8. The molecule has 1 aliphatic rings. The molecule has 8 nitrogen and oxygen atoms in total. The van der Waals surface area contributed by atoms with Gasteiger partial charge in [0.25, 0.3) is 5.91 Å². The van der Waals surface area contributed by atoms with Crippen molar-refractivity contribution in [2.75, 3.05) is 43.4 Å². The summed E-state index contributed by atoms with van der Waals surface area (Å²) in [6.07, 6.45) is 1.43. The maximum Gasteiger partial charge on any atom is 0.316 e. The second kappa shape index (κ2) is 9.68. The number of nitrogens with zero attached hydrogens (tertiary/aromatic N) is 4. The number of aromatic nitrogens is 2. The molecular weight excluding hydrogens is 459 g/mol. The van der Waals surface area contributed by atoms with Crippen molar-refractivity contribution in [3.05, 3.63) is 60.7 Å². The Morgan fingerprint density at radius 2 is 1.79 bits per heavy atom. The molecule has 0 aliphatic carbocycles. The number of benzene rings is 2. The van der Waals surface area contributed by atoms with Gasteiger partial charge >= 0.3 is 5.97 Å². The van der Waals surface area contributed by atoms with Gasteiger partial charge in [-0.3, -0.25) is 9.59 Å². The summed E-state index contributed by atoms with van der Waals surface area (Å²) in [6, 6.07) is 14.1. The zero-order chi connectivity index (χ0) is 23.5. The average molecular weight is 481 g/mol. The highest BCUT2D eigenvalue weighted by molar-refractivity contribution is 8.00. The lowest BCUT2D eigenvalue weighted by Gasteiger charge is -2.36. The van der Waals surface area contributed by atoms with Crippen LogP contribution in [0.15, 0.2) is 64.3 Å². The average Bonchev–Trinajstić information content (AvgIpc) is 3.26. The number of piperazine rings is 1. The van der Waals surface area contributed by atoms with E-state index >= 15 is 0 Å². The molecule has 1 aliphatic heterocycles. The molecule has 5 rings (SSSR count). The summed E-state index contributed by atoms with van der Waals surface area (Å²) in [6.45, 7) is 1.56. The summed E-state index contributed by atoms with van der Waals surface area (Å²) in [5.74, 6) is -1.09. The number of ether oxygens (including phenoxy) is 1. The molecule has 0 bridgehead atoms. The minimum Gasteiger partial charge on any atom is -0.455 e. The van der Waals surface area contributed by atoms with E-state index < -0.39 is 5.97 Å². The first-order chi connectivity index (χ1) is 16.6. The second-order valence-electron chi connectivity index (χ2n) is 7.72. The van der Waals surface area contributed by atoms with Crippen LogP contribution in [0.1, 0.15) is 0 Å². The van der Waals surface area contributed by atoms with Crippen molar-refractivity contribution in [3.63, 3.8) is 0 Å². The van der Waals surface area contributed by atoms with E-state index in [-0.39, 0.29) is 24.1 Å². The van der Waals surface area contributed by atoms with Crippen molar-refractivity contribution in [2.24, 2.45) is 0 Å². The van der Waals surface area contributed by atoms with Gasteiger partial charge in [0.1, 0.15) is 28.3 Å². The van der Waals surface area contributed by atoms with Crippen molar-refractivity contribution in [1.82, 2.24) is 14.9 Å². The fourth-order valence-electron chi connectivity index (χ4n) is 3.91. The number of carbonyl (C=O) groups is 2. The molecule has 0 spiro atoms. The molecule has 0 radical (unpaired) electrons. The predicted octanol–water partition coefficient (Wildman–Crippen LogP) is 3.50. The van der Waals surface area contributed by atoms with Gasteiger partial charge in [0.15, 0.2) is 12.2 Å². The Labute approximate surface area is 198 Å². The van der Waals surface area contributed by atoms with E-state index in [0.717, 1.165) is 5.39 Å². The van der Waals surface area contributed by atoms with Crippen LogP contribution in [0.5, 0.6) is 0 Å². The highest BCUT2D eigenvalue weighted by Crippen LogP contribution is 2.32. The number of esters is 1. The van der Waals surface area contributed by atoms with Crippen molar-refractivity contribution in [2.45, 2.75) is 5.03 Å². The molecule has 3 heterocycles. The van der Waals surface area contributed by atoms with Crippen LogP contribution in [0.4, 0.5) is 10.1 Å². The van der Waals surface area contributed by atoms with Gasteiger partial charge in [0, 0.05) is 31.6 Å². The summed E-state index contributed by atoms with van der Waals surface area (Å²) in [7, 11) is 0. The predicted molar refractivity (Wildman–Crippen MR) is 126 cm³/mol. The quantitative estimate of drug-likeness (QED) is 0.235. The van der Waals surface area contributed by atoms with Crippen molar-refractivity contribution >= 4 is 51.4 Å². The van der Waals surface area contributed by atoms with Crippen LogP contribution in [0.2, 0.25) is 0 Å². The van der Waals surface area contributed by atoms with Gasteiger partial charge in [0.2, 0.25) is 0 Å². The molecule has 10 heteroatoms. The molecule has 0 unspecified atom stereocenters. The molecular formula is C24H21FN4O4S. The molecule has 2 aromatic carbocycles. The minimum absolute atomic E-state index is 0.0164. The Hall–Kier alpha value is -3.66. The van der Waals surface area contributed by atoms with Crippen LogP contribution < -0.4 is 4.90 Å². The molecule has 1 fully saturated rings. The molecule has 0 atom stereocenters. The molecule has 34 heavy (non-hydrogen) atoms. The van der Waals surface area contributed by atoms with Gasteiger partial charge in [-0.25, -0.2) is 14.4 Å². The molecule has 0 saturated carbocycles. The normalized spacial score (nSPS) is 14.0. The van der Waals surface area contributed by atoms with Crippen molar-refractivity contribution < 1.29 is 23.1 Å². The van der Waals surface area contributed by atoms with E-state index in [4.69, 9.17) is 9.15 Å². The van der Waals surface area contributed by atoms with E-state index in [1.165, 1.54) is 24.2 Å². The maximum atomic E-state index is 14.0. The third kappa shape index (κ3) is 4.54. The Balaban J connectivity index is 1.12. The van der Waals surface area contributed by atoms with Gasteiger partial charge in [0.05, 0.1) is 11.4 Å². The number of para-hydroxylation sites is 2. The van der Waals surface area contributed by atoms with Crippen LogP contribution in [-0.4, -0.2) is 65.3 Å². The lowest BCUT2D eigenvalue weighted by molar-refractivity contribution is -0.150. The largest absolute Gasteiger partial charge is 0.455 e. The molecule has 2 aromatic heterocycles. The first kappa shape index (κ1) is 22.1. The maximum absolute atomic E-state index is 14.0. The number of hydrogen-bond acceptors (Lipinski definition) is 8. The number of rotatable bonds is 6. The summed E-state index contributed by atoms with van der Waals surface area (Å²) in [5, 5.41) is 1.42. The van der Waals surface area contributed by atoms with E-state index in [9.17, 15) is 14.0 Å². The number of furan rings is 1. The van der Waals surface area contributed by atoms with Gasteiger partial charge in [-0.15, -0.1) is 0 Å². The topological polar surface area (TPSA) is 88.8 Å². The summed E-state index contributed by atoms with van der Waals surface area (Å²) in [4.78, 5) is 36.8. The lowest BCUT2D eigenvalue weighted by Crippen LogP contribution is -2.50. The number of anilines is 1. The van der Waals surface area contributed by atoms with E-state index in [1.807, 2.05) is 29.2 Å². The highest BCUT2D eigenvalue weighted by atomic mass is 32.2. The second-order valence-corrected chi connectivity index (χ2v) is 8.69. The smallest absolute Gasteiger partial charge is 0.316 e. The number of amides is 1. The summed E-state index contributed by atoms with van der Waals surface area (Å²) < 4.78 is 25.0. The van der Waals surface area contributed by atoms with Gasteiger partial charge < -0.3 is 19.0 Å². The Morgan fingerprint density at radius 1 is 1.03 bits per heavy atom. The van der Waals surface area contributed by atoms with Crippen molar-refractivity contribution in [1.29, 1.82) is 0 Å². The van der Waals surface area contributed by atoms with E-state index in [2.05, 4.69) is 9.97 Å². The third-order valence-electron chi connectivity index (χ3n) is 5.63.